The predicted octanol–water partition coefficient (Wildman–Crippen LogP) is 3.86. The maximum atomic E-state index is 5.91. The van der Waals surface area contributed by atoms with Crippen LogP contribution in [0.25, 0.3) is 0 Å². The van der Waals surface area contributed by atoms with Gasteiger partial charge in [0, 0.05) is 17.8 Å². The molecule has 0 saturated carbocycles. The highest BCUT2D eigenvalue weighted by atomic mass is 16.5. The zero-order valence-corrected chi connectivity index (χ0v) is 11.0. The lowest BCUT2D eigenvalue weighted by Gasteiger charge is -2.21. The zero-order valence-electron chi connectivity index (χ0n) is 11.0. The molecule has 0 amide bonds. The van der Waals surface area contributed by atoms with Crippen LogP contribution in [0.2, 0.25) is 0 Å². The van der Waals surface area contributed by atoms with Crippen molar-refractivity contribution in [3.8, 4) is 5.75 Å². The number of fused-ring (bicyclic) bond motifs is 1. The highest BCUT2D eigenvalue weighted by molar-refractivity contribution is 5.58. The molecule has 1 heterocycles. The summed E-state index contributed by atoms with van der Waals surface area (Å²) in [5.74, 6) is 1.85. The van der Waals surface area contributed by atoms with E-state index in [1.54, 1.807) is 0 Å². The SMILES string of the molecule is CC(C)CCCOc1cccc2c1CCCN2. The lowest BCUT2D eigenvalue weighted by molar-refractivity contribution is 0.295. The van der Waals surface area contributed by atoms with Gasteiger partial charge in [0.25, 0.3) is 0 Å². The molecule has 0 radical (unpaired) electrons. The summed E-state index contributed by atoms with van der Waals surface area (Å²) in [6, 6.07) is 6.33. The Hall–Kier alpha value is -1.18. The van der Waals surface area contributed by atoms with E-state index in [1.807, 2.05) is 0 Å². The van der Waals surface area contributed by atoms with Gasteiger partial charge < -0.3 is 10.1 Å². The van der Waals surface area contributed by atoms with Gasteiger partial charge in [-0.3, -0.25) is 0 Å². The highest BCUT2D eigenvalue weighted by Gasteiger charge is 2.12. The maximum absolute atomic E-state index is 5.91. The molecular formula is C15H23NO. The Morgan fingerprint density at radius 3 is 3.06 bits per heavy atom. The molecule has 1 N–H and O–H groups in total. The molecule has 0 aliphatic carbocycles. The minimum absolute atomic E-state index is 0.768. The second-order valence-corrected chi connectivity index (χ2v) is 5.20. The van der Waals surface area contributed by atoms with E-state index in [1.165, 1.54) is 24.1 Å². The molecule has 0 spiro atoms. The Bertz CT molecular complexity index is 360. The van der Waals surface area contributed by atoms with Crippen molar-refractivity contribution in [3.63, 3.8) is 0 Å². The van der Waals surface area contributed by atoms with Gasteiger partial charge in [0.05, 0.1) is 6.61 Å². The van der Waals surface area contributed by atoms with Gasteiger partial charge in [-0.05, 0) is 43.7 Å². The highest BCUT2D eigenvalue weighted by Crippen LogP contribution is 2.30. The van der Waals surface area contributed by atoms with Crippen LogP contribution in [0.1, 0.15) is 38.7 Å². The van der Waals surface area contributed by atoms with Gasteiger partial charge in [-0.2, -0.15) is 0 Å². The molecule has 2 heteroatoms. The average Bonchev–Trinajstić information content (AvgIpc) is 2.34. The molecule has 0 saturated heterocycles. The van der Waals surface area contributed by atoms with Crippen molar-refractivity contribution < 1.29 is 4.74 Å². The van der Waals surface area contributed by atoms with Gasteiger partial charge in [-0.15, -0.1) is 0 Å². The van der Waals surface area contributed by atoms with E-state index >= 15 is 0 Å². The van der Waals surface area contributed by atoms with Crippen LogP contribution in [0.5, 0.6) is 5.75 Å². The largest absolute Gasteiger partial charge is 0.493 e. The molecule has 17 heavy (non-hydrogen) atoms. The zero-order chi connectivity index (χ0) is 12.1. The Morgan fingerprint density at radius 2 is 2.24 bits per heavy atom. The number of rotatable bonds is 5. The van der Waals surface area contributed by atoms with Crippen molar-refractivity contribution in [3.05, 3.63) is 23.8 Å². The van der Waals surface area contributed by atoms with Crippen molar-refractivity contribution in [2.75, 3.05) is 18.5 Å². The fraction of sp³-hybridized carbons (Fsp3) is 0.600. The van der Waals surface area contributed by atoms with Crippen molar-refractivity contribution in [1.82, 2.24) is 0 Å². The first-order valence-corrected chi connectivity index (χ1v) is 6.76. The number of nitrogens with one attached hydrogen (secondary N) is 1. The Balaban J connectivity index is 1.92. The molecule has 0 bridgehead atoms. The van der Waals surface area contributed by atoms with Gasteiger partial charge in [0.15, 0.2) is 0 Å². The molecule has 1 aromatic carbocycles. The van der Waals surface area contributed by atoms with Crippen LogP contribution in [0, 0.1) is 5.92 Å². The Morgan fingerprint density at radius 1 is 1.35 bits per heavy atom. The van der Waals surface area contributed by atoms with E-state index in [2.05, 4.69) is 37.4 Å². The summed E-state index contributed by atoms with van der Waals surface area (Å²) in [4.78, 5) is 0. The van der Waals surface area contributed by atoms with Gasteiger partial charge in [-0.25, -0.2) is 0 Å². The van der Waals surface area contributed by atoms with Gasteiger partial charge in [0.1, 0.15) is 5.75 Å². The second kappa shape index (κ2) is 5.95. The monoisotopic (exact) mass is 233 g/mol. The minimum atomic E-state index is 0.768. The third-order valence-electron chi connectivity index (χ3n) is 3.24. The van der Waals surface area contributed by atoms with Crippen molar-refractivity contribution in [2.45, 2.75) is 39.5 Å². The molecule has 0 fully saturated rings. The van der Waals surface area contributed by atoms with Crippen LogP contribution < -0.4 is 10.1 Å². The molecule has 0 atom stereocenters. The molecule has 0 unspecified atom stereocenters. The number of hydrogen-bond acceptors (Lipinski definition) is 2. The molecule has 1 aliphatic heterocycles. The molecular weight excluding hydrogens is 210 g/mol. The molecule has 2 rings (SSSR count). The molecule has 0 aromatic heterocycles. The summed E-state index contributed by atoms with van der Waals surface area (Å²) < 4.78 is 5.91. The topological polar surface area (TPSA) is 21.3 Å². The summed E-state index contributed by atoms with van der Waals surface area (Å²) in [6.45, 7) is 6.45. The van der Waals surface area contributed by atoms with E-state index in [0.717, 1.165) is 37.7 Å². The Labute approximate surface area is 104 Å². The average molecular weight is 233 g/mol. The normalized spacial score (nSPS) is 14.3. The fourth-order valence-corrected chi connectivity index (χ4v) is 2.29. The first-order chi connectivity index (χ1) is 8.27. The Kier molecular flexibility index (Phi) is 4.29. The fourth-order valence-electron chi connectivity index (χ4n) is 2.29. The summed E-state index contributed by atoms with van der Waals surface area (Å²) in [7, 11) is 0. The van der Waals surface area contributed by atoms with Crippen LogP contribution >= 0.6 is 0 Å². The summed E-state index contributed by atoms with van der Waals surface area (Å²) in [6.07, 6.45) is 4.74. The standard InChI is InChI=1S/C15H23NO/c1-12(2)6-5-11-17-15-9-3-8-14-13(15)7-4-10-16-14/h3,8-9,12,16H,4-7,10-11H2,1-2H3. The molecule has 94 valence electrons. The minimum Gasteiger partial charge on any atom is -0.493 e. The summed E-state index contributed by atoms with van der Waals surface area (Å²) in [5.41, 5.74) is 2.63. The van der Waals surface area contributed by atoms with Crippen LogP contribution in [0.3, 0.4) is 0 Å². The third-order valence-corrected chi connectivity index (χ3v) is 3.24. The van der Waals surface area contributed by atoms with Crippen LogP contribution in [-0.4, -0.2) is 13.2 Å². The number of hydrogen-bond donors (Lipinski definition) is 1. The molecule has 1 aliphatic rings. The number of benzene rings is 1. The summed E-state index contributed by atoms with van der Waals surface area (Å²) in [5, 5.41) is 3.43. The van der Waals surface area contributed by atoms with Crippen molar-refractivity contribution in [1.29, 1.82) is 0 Å². The first-order valence-electron chi connectivity index (χ1n) is 6.76. The molecule has 2 nitrogen and oxygen atoms in total. The van der Waals surface area contributed by atoms with Gasteiger partial charge in [-0.1, -0.05) is 19.9 Å². The van der Waals surface area contributed by atoms with Crippen LogP contribution in [0.15, 0.2) is 18.2 Å². The number of ether oxygens (including phenoxy) is 1. The van der Waals surface area contributed by atoms with Gasteiger partial charge >= 0.3 is 0 Å². The smallest absolute Gasteiger partial charge is 0.124 e. The maximum Gasteiger partial charge on any atom is 0.124 e. The van der Waals surface area contributed by atoms with Gasteiger partial charge in [0.2, 0.25) is 0 Å². The second-order valence-electron chi connectivity index (χ2n) is 5.20. The predicted molar refractivity (Wildman–Crippen MR) is 72.8 cm³/mol. The van der Waals surface area contributed by atoms with Crippen LogP contribution in [0.4, 0.5) is 5.69 Å². The van der Waals surface area contributed by atoms with Crippen molar-refractivity contribution >= 4 is 5.69 Å². The quantitative estimate of drug-likeness (QED) is 0.780. The molecule has 1 aromatic rings. The first kappa shape index (κ1) is 12.3. The third kappa shape index (κ3) is 3.39. The summed E-state index contributed by atoms with van der Waals surface area (Å²) >= 11 is 0. The number of anilines is 1. The lowest BCUT2D eigenvalue weighted by atomic mass is 10.0. The van der Waals surface area contributed by atoms with E-state index in [0.29, 0.717) is 0 Å². The van der Waals surface area contributed by atoms with E-state index in [9.17, 15) is 0 Å². The van der Waals surface area contributed by atoms with E-state index in [4.69, 9.17) is 4.74 Å². The van der Waals surface area contributed by atoms with E-state index < -0.39 is 0 Å². The van der Waals surface area contributed by atoms with Crippen molar-refractivity contribution in [2.24, 2.45) is 5.92 Å². The lowest BCUT2D eigenvalue weighted by Crippen LogP contribution is -2.13. The van der Waals surface area contributed by atoms with Crippen LogP contribution in [-0.2, 0) is 6.42 Å². The van der Waals surface area contributed by atoms with E-state index in [-0.39, 0.29) is 0 Å².